The first kappa shape index (κ1) is 19.4. The molecule has 0 aliphatic heterocycles. The highest BCUT2D eigenvalue weighted by Crippen LogP contribution is 2.29. The molecule has 6 nitrogen and oxygen atoms in total. The number of ether oxygens (including phenoxy) is 2. The van der Waals surface area contributed by atoms with Gasteiger partial charge in [0.05, 0.1) is 6.61 Å². The second-order valence-corrected chi connectivity index (χ2v) is 7.78. The lowest BCUT2D eigenvalue weighted by molar-refractivity contribution is 0.0292. The third-order valence-corrected chi connectivity index (χ3v) is 3.93. The number of hydrogen-bond donors (Lipinski definition) is 0. The van der Waals surface area contributed by atoms with Gasteiger partial charge in [-0.25, -0.2) is 14.8 Å². The van der Waals surface area contributed by atoms with E-state index in [9.17, 15) is 4.79 Å². The Morgan fingerprint density at radius 1 is 1.28 bits per heavy atom. The lowest BCUT2D eigenvalue weighted by atomic mass is 10.2. The van der Waals surface area contributed by atoms with Crippen molar-refractivity contribution in [3.05, 3.63) is 28.6 Å². The normalized spacial score (nSPS) is 11.4. The fourth-order valence-corrected chi connectivity index (χ4v) is 2.69. The van der Waals surface area contributed by atoms with Crippen LogP contribution < -0.4 is 4.74 Å². The molecule has 0 saturated heterocycles. The number of aryl methyl sites for hydroxylation is 1. The molecule has 0 atom stereocenters. The van der Waals surface area contributed by atoms with Crippen molar-refractivity contribution in [3.8, 4) is 5.75 Å². The van der Waals surface area contributed by atoms with Gasteiger partial charge in [-0.2, -0.15) is 0 Å². The number of fused-ring (bicyclic) bond motifs is 1. The maximum Gasteiger partial charge on any atom is 0.410 e. The summed E-state index contributed by atoms with van der Waals surface area (Å²) in [5.74, 6) is 0.704. The van der Waals surface area contributed by atoms with E-state index < -0.39 is 5.60 Å². The predicted octanol–water partition coefficient (Wildman–Crippen LogP) is 4.34. The SMILES string of the molecule is Cc1ncnc2c(OCCCN(C)C(=O)OC(C)(C)C)cc(Br)cc12. The van der Waals surface area contributed by atoms with Gasteiger partial charge in [0.15, 0.2) is 0 Å². The molecule has 1 amide bonds. The van der Waals surface area contributed by atoms with Crippen molar-refractivity contribution in [2.24, 2.45) is 0 Å². The molecule has 0 saturated carbocycles. The fourth-order valence-electron chi connectivity index (χ4n) is 2.25. The summed E-state index contributed by atoms with van der Waals surface area (Å²) < 4.78 is 12.1. The summed E-state index contributed by atoms with van der Waals surface area (Å²) in [6.07, 6.45) is 1.89. The van der Waals surface area contributed by atoms with Gasteiger partial charge < -0.3 is 14.4 Å². The average molecular weight is 410 g/mol. The fraction of sp³-hybridized carbons (Fsp3) is 0.500. The van der Waals surface area contributed by atoms with Crippen LogP contribution in [0, 0.1) is 6.92 Å². The van der Waals surface area contributed by atoms with E-state index in [0.717, 1.165) is 21.1 Å². The van der Waals surface area contributed by atoms with E-state index in [1.54, 1.807) is 11.9 Å². The third kappa shape index (κ3) is 5.56. The zero-order valence-electron chi connectivity index (χ0n) is 15.3. The second kappa shape index (κ2) is 7.99. The molecule has 0 bridgehead atoms. The molecule has 0 unspecified atom stereocenters. The lowest BCUT2D eigenvalue weighted by Gasteiger charge is -2.24. The molecule has 25 heavy (non-hydrogen) atoms. The van der Waals surface area contributed by atoms with E-state index in [2.05, 4.69) is 25.9 Å². The standard InChI is InChI=1S/C18H24BrN3O3/c1-12-14-9-13(19)10-15(16(14)21-11-20-12)24-8-6-7-22(5)17(23)25-18(2,3)4/h9-11H,6-8H2,1-5H3. The summed E-state index contributed by atoms with van der Waals surface area (Å²) in [5, 5.41) is 0.956. The van der Waals surface area contributed by atoms with Crippen LogP contribution in [0.25, 0.3) is 10.9 Å². The lowest BCUT2D eigenvalue weighted by Crippen LogP contribution is -2.35. The van der Waals surface area contributed by atoms with Gasteiger partial charge in [0.1, 0.15) is 23.2 Å². The average Bonchev–Trinajstić information content (AvgIpc) is 2.50. The van der Waals surface area contributed by atoms with Crippen molar-refractivity contribution in [2.75, 3.05) is 20.2 Å². The first-order valence-corrected chi connectivity index (χ1v) is 8.94. The number of carbonyl (C=O) groups is 1. The summed E-state index contributed by atoms with van der Waals surface area (Å²) >= 11 is 3.49. The maximum atomic E-state index is 11.9. The van der Waals surface area contributed by atoms with Crippen molar-refractivity contribution in [3.63, 3.8) is 0 Å². The molecule has 0 radical (unpaired) electrons. The van der Waals surface area contributed by atoms with Crippen LogP contribution in [0.3, 0.4) is 0 Å². The molecule has 0 aliphatic carbocycles. The Hall–Kier alpha value is -1.89. The van der Waals surface area contributed by atoms with Crippen molar-refractivity contribution >= 4 is 32.9 Å². The van der Waals surface area contributed by atoms with Crippen LogP contribution in [0.15, 0.2) is 22.9 Å². The molecule has 0 N–H and O–H groups in total. The quantitative estimate of drug-likeness (QED) is 0.687. The minimum absolute atomic E-state index is 0.330. The first-order chi connectivity index (χ1) is 11.7. The minimum Gasteiger partial charge on any atom is -0.491 e. The summed E-state index contributed by atoms with van der Waals surface area (Å²) in [6, 6.07) is 3.88. The molecule has 136 valence electrons. The molecular weight excluding hydrogens is 386 g/mol. The van der Waals surface area contributed by atoms with E-state index in [0.29, 0.717) is 25.3 Å². The molecule has 0 fully saturated rings. The molecule has 0 aliphatic rings. The smallest absolute Gasteiger partial charge is 0.410 e. The van der Waals surface area contributed by atoms with Gasteiger partial charge in [0, 0.05) is 29.1 Å². The largest absolute Gasteiger partial charge is 0.491 e. The van der Waals surface area contributed by atoms with Crippen molar-refractivity contribution in [2.45, 2.75) is 39.7 Å². The number of carbonyl (C=O) groups excluding carboxylic acids is 1. The zero-order chi connectivity index (χ0) is 18.6. The summed E-state index contributed by atoms with van der Waals surface area (Å²) in [7, 11) is 1.72. The predicted molar refractivity (Wildman–Crippen MR) is 101 cm³/mol. The van der Waals surface area contributed by atoms with Crippen LogP contribution in [-0.4, -0.2) is 46.8 Å². The number of halogens is 1. The van der Waals surface area contributed by atoms with Crippen LogP contribution in [0.2, 0.25) is 0 Å². The Morgan fingerprint density at radius 3 is 2.68 bits per heavy atom. The second-order valence-electron chi connectivity index (χ2n) is 6.86. The Labute approximate surface area is 156 Å². The maximum absolute atomic E-state index is 11.9. The van der Waals surface area contributed by atoms with Gasteiger partial charge in [-0.3, -0.25) is 0 Å². The van der Waals surface area contributed by atoms with E-state index in [1.165, 1.54) is 6.33 Å². The molecule has 2 aromatic rings. The Morgan fingerprint density at radius 2 is 2.00 bits per heavy atom. The number of nitrogens with zero attached hydrogens (tertiary/aromatic N) is 3. The number of hydrogen-bond acceptors (Lipinski definition) is 5. The van der Waals surface area contributed by atoms with Gasteiger partial charge in [-0.05, 0) is 46.2 Å². The number of rotatable bonds is 5. The number of benzene rings is 1. The van der Waals surface area contributed by atoms with Gasteiger partial charge in [0.25, 0.3) is 0 Å². The van der Waals surface area contributed by atoms with Crippen molar-refractivity contribution in [1.29, 1.82) is 0 Å². The first-order valence-electron chi connectivity index (χ1n) is 8.15. The van der Waals surface area contributed by atoms with Crippen LogP contribution in [0.1, 0.15) is 32.9 Å². The summed E-state index contributed by atoms with van der Waals surface area (Å²) in [5.41, 5.74) is 1.20. The topological polar surface area (TPSA) is 64.6 Å². The van der Waals surface area contributed by atoms with Gasteiger partial charge in [0.2, 0.25) is 0 Å². The van der Waals surface area contributed by atoms with E-state index in [-0.39, 0.29) is 6.09 Å². The Balaban J connectivity index is 1.93. The van der Waals surface area contributed by atoms with E-state index >= 15 is 0 Å². The summed E-state index contributed by atoms with van der Waals surface area (Å²) in [6.45, 7) is 8.52. The van der Waals surface area contributed by atoms with Gasteiger partial charge >= 0.3 is 6.09 Å². The van der Waals surface area contributed by atoms with Crippen LogP contribution in [0.5, 0.6) is 5.75 Å². The highest BCUT2D eigenvalue weighted by molar-refractivity contribution is 9.10. The van der Waals surface area contributed by atoms with Gasteiger partial charge in [-0.1, -0.05) is 15.9 Å². The zero-order valence-corrected chi connectivity index (χ0v) is 16.9. The minimum atomic E-state index is -0.491. The Kier molecular flexibility index (Phi) is 6.21. The van der Waals surface area contributed by atoms with E-state index in [1.807, 2.05) is 39.8 Å². The van der Waals surface area contributed by atoms with Crippen molar-refractivity contribution < 1.29 is 14.3 Å². The van der Waals surface area contributed by atoms with Crippen LogP contribution >= 0.6 is 15.9 Å². The highest BCUT2D eigenvalue weighted by Gasteiger charge is 2.19. The molecule has 1 heterocycles. The molecule has 1 aromatic carbocycles. The van der Waals surface area contributed by atoms with Crippen LogP contribution in [-0.2, 0) is 4.74 Å². The molecule has 7 heteroatoms. The number of aromatic nitrogens is 2. The third-order valence-electron chi connectivity index (χ3n) is 3.47. The molecule has 1 aromatic heterocycles. The van der Waals surface area contributed by atoms with E-state index in [4.69, 9.17) is 9.47 Å². The Bertz CT molecular complexity index is 759. The summed E-state index contributed by atoms with van der Waals surface area (Å²) in [4.78, 5) is 22.0. The van der Waals surface area contributed by atoms with Crippen molar-refractivity contribution in [1.82, 2.24) is 14.9 Å². The number of amides is 1. The molecule has 2 rings (SSSR count). The molecular formula is C18H24BrN3O3. The van der Waals surface area contributed by atoms with Crippen LogP contribution in [0.4, 0.5) is 4.79 Å². The molecule has 0 spiro atoms. The monoisotopic (exact) mass is 409 g/mol. The highest BCUT2D eigenvalue weighted by atomic mass is 79.9. The van der Waals surface area contributed by atoms with Gasteiger partial charge in [-0.15, -0.1) is 0 Å².